The number of carboxylic acids is 1. The van der Waals surface area contributed by atoms with E-state index in [-0.39, 0.29) is 12.5 Å². The summed E-state index contributed by atoms with van der Waals surface area (Å²) in [6.07, 6.45) is 0.581. The first-order valence-corrected chi connectivity index (χ1v) is 7.03. The number of methoxy groups -OCH3 is 1. The number of hydrogen-bond donors (Lipinski definition) is 2. The minimum Gasteiger partial charge on any atom is -0.480 e. The van der Waals surface area contributed by atoms with Gasteiger partial charge < -0.3 is 9.84 Å². The van der Waals surface area contributed by atoms with Crippen LogP contribution in [0.1, 0.15) is 27.2 Å². The van der Waals surface area contributed by atoms with Gasteiger partial charge in [-0.15, -0.1) is 0 Å². The number of carbonyl (C=O) groups is 1. The molecule has 0 radical (unpaired) electrons. The maximum Gasteiger partial charge on any atom is 0.322 e. The summed E-state index contributed by atoms with van der Waals surface area (Å²) in [7, 11) is -2.28. The Morgan fingerprint density at radius 3 is 2.29 bits per heavy atom. The summed E-state index contributed by atoms with van der Waals surface area (Å²) >= 11 is 0. The summed E-state index contributed by atoms with van der Waals surface area (Å²) in [6, 6.07) is -1.09. The number of rotatable bonds is 8. The van der Waals surface area contributed by atoms with E-state index in [2.05, 4.69) is 4.72 Å². The number of nitrogens with one attached hydrogen (secondary N) is 1. The van der Waals surface area contributed by atoms with Crippen molar-refractivity contribution in [1.29, 1.82) is 0 Å². The van der Waals surface area contributed by atoms with Gasteiger partial charge in [0.2, 0.25) is 10.0 Å². The van der Waals surface area contributed by atoms with Crippen molar-refractivity contribution in [3.05, 3.63) is 0 Å². The third-order valence-corrected chi connectivity index (χ3v) is 4.48. The van der Waals surface area contributed by atoms with Gasteiger partial charge in [-0.3, -0.25) is 4.79 Å². The van der Waals surface area contributed by atoms with Gasteiger partial charge in [0.05, 0.1) is 11.9 Å². The molecule has 0 aromatic rings. The molecule has 0 heterocycles. The number of ether oxygens (including phenoxy) is 1. The Kier molecular flexibility index (Phi) is 6.66. The molecule has 0 rings (SSSR count). The van der Waals surface area contributed by atoms with E-state index in [1.165, 1.54) is 14.0 Å². The molecule has 0 aliphatic heterocycles. The monoisotopic (exact) mass is 267 g/mol. The smallest absolute Gasteiger partial charge is 0.322 e. The van der Waals surface area contributed by atoms with Crippen molar-refractivity contribution in [2.24, 2.45) is 5.92 Å². The third-order valence-electron chi connectivity index (χ3n) is 2.70. The highest BCUT2D eigenvalue weighted by Gasteiger charge is 2.31. The zero-order valence-corrected chi connectivity index (χ0v) is 11.5. The lowest BCUT2D eigenvalue weighted by Gasteiger charge is -2.22. The van der Waals surface area contributed by atoms with Crippen LogP contribution in [-0.2, 0) is 19.6 Å². The largest absolute Gasteiger partial charge is 0.480 e. The zero-order valence-electron chi connectivity index (χ0n) is 10.6. The Balaban J connectivity index is 4.82. The fraction of sp³-hybridized carbons (Fsp3) is 0.900. The number of hydrogen-bond acceptors (Lipinski definition) is 4. The first-order chi connectivity index (χ1) is 7.76. The zero-order chi connectivity index (χ0) is 13.6. The lowest BCUT2D eigenvalue weighted by atomic mass is 10.0. The quantitative estimate of drug-likeness (QED) is 0.665. The highest BCUT2D eigenvalue weighted by Crippen LogP contribution is 2.11. The van der Waals surface area contributed by atoms with Crippen molar-refractivity contribution in [2.45, 2.75) is 38.5 Å². The Bertz CT molecular complexity index is 341. The maximum absolute atomic E-state index is 11.8. The summed E-state index contributed by atoms with van der Waals surface area (Å²) in [5.74, 6) is -1.43. The van der Waals surface area contributed by atoms with E-state index in [1.54, 1.807) is 6.92 Å². The van der Waals surface area contributed by atoms with Gasteiger partial charge in [-0.05, 0) is 12.8 Å². The second kappa shape index (κ2) is 6.93. The first-order valence-electron chi connectivity index (χ1n) is 5.49. The minimum absolute atomic E-state index is 0.0299. The minimum atomic E-state index is -3.68. The average Bonchev–Trinajstić information content (AvgIpc) is 2.25. The summed E-state index contributed by atoms with van der Waals surface area (Å²) in [5, 5.41) is 8.21. The topological polar surface area (TPSA) is 92.7 Å². The van der Waals surface area contributed by atoms with Gasteiger partial charge in [-0.25, -0.2) is 13.1 Å². The molecule has 2 N–H and O–H groups in total. The third kappa shape index (κ3) is 5.01. The van der Waals surface area contributed by atoms with Crippen LogP contribution < -0.4 is 4.72 Å². The van der Waals surface area contributed by atoms with Crippen molar-refractivity contribution < 1.29 is 23.1 Å². The Morgan fingerprint density at radius 2 is 1.94 bits per heavy atom. The molecule has 102 valence electrons. The van der Waals surface area contributed by atoms with Crippen LogP contribution in [0.4, 0.5) is 0 Å². The fourth-order valence-corrected chi connectivity index (χ4v) is 2.50. The van der Waals surface area contributed by atoms with E-state index in [9.17, 15) is 13.2 Å². The fourth-order valence-electron chi connectivity index (χ4n) is 1.26. The second-order valence-electron chi connectivity index (χ2n) is 4.13. The lowest BCUT2D eigenvalue weighted by Crippen LogP contribution is -2.48. The van der Waals surface area contributed by atoms with Crippen LogP contribution in [0.3, 0.4) is 0 Å². The first kappa shape index (κ1) is 16.3. The van der Waals surface area contributed by atoms with Gasteiger partial charge >= 0.3 is 5.97 Å². The summed E-state index contributed by atoms with van der Waals surface area (Å²) in [6.45, 7) is 5.01. The van der Waals surface area contributed by atoms with E-state index in [0.717, 1.165) is 0 Å². The second-order valence-corrected chi connectivity index (χ2v) is 6.26. The van der Waals surface area contributed by atoms with Gasteiger partial charge in [-0.1, -0.05) is 20.3 Å². The van der Waals surface area contributed by atoms with Crippen molar-refractivity contribution in [2.75, 3.05) is 13.7 Å². The molecule has 0 fully saturated rings. The Labute approximate surface area is 102 Å². The molecule has 0 aromatic carbocycles. The van der Waals surface area contributed by atoms with Gasteiger partial charge in [0.15, 0.2) is 0 Å². The van der Waals surface area contributed by atoms with Crippen LogP contribution in [0.5, 0.6) is 0 Å². The normalized spacial score (nSPS) is 17.4. The maximum atomic E-state index is 11.8. The molecular formula is C10H21NO5S. The van der Waals surface area contributed by atoms with Crippen molar-refractivity contribution >= 4 is 16.0 Å². The average molecular weight is 267 g/mol. The molecule has 0 aliphatic carbocycles. The van der Waals surface area contributed by atoms with Crippen LogP contribution in [0.25, 0.3) is 0 Å². The van der Waals surface area contributed by atoms with Crippen LogP contribution in [0.15, 0.2) is 0 Å². The molecule has 6 nitrogen and oxygen atoms in total. The molecular weight excluding hydrogens is 246 g/mol. The SMILES string of the molecule is CC[C@H](C)[C@H](NS(=O)(=O)C(C)COC)C(=O)O. The van der Waals surface area contributed by atoms with Crippen molar-refractivity contribution in [3.63, 3.8) is 0 Å². The summed E-state index contributed by atoms with van der Waals surface area (Å²) in [4.78, 5) is 11.0. The summed E-state index contributed by atoms with van der Waals surface area (Å²) in [5.41, 5.74) is 0. The molecule has 0 aromatic heterocycles. The molecule has 17 heavy (non-hydrogen) atoms. The van der Waals surface area contributed by atoms with Gasteiger partial charge in [0, 0.05) is 7.11 Å². The number of aliphatic carboxylic acids is 1. The van der Waals surface area contributed by atoms with Crippen LogP contribution in [0, 0.1) is 5.92 Å². The van der Waals surface area contributed by atoms with Crippen LogP contribution in [-0.4, -0.2) is 44.5 Å². The highest BCUT2D eigenvalue weighted by molar-refractivity contribution is 7.90. The molecule has 3 atom stereocenters. The van der Waals surface area contributed by atoms with Crippen LogP contribution in [0.2, 0.25) is 0 Å². The molecule has 0 amide bonds. The molecule has 0 aliphatic rings. The van der Waals surface area contributed by atoms with E-state index < -0.39 is 27.3 Å². The molecule has 0 bridgehead atoms. The number of sulfonamides is 1. The van der Waals surface area contributed by atoms with Gasteiger partial charge in [0.1, 0.15) is 6.04 Å². The van der Waals surface area contributed by atoms with E-state index >= 15 is 0 Å². The van der Waals surface area contributed by atoms with E-state index in [0.29, 0.717) is 6.42 Å². The van der Waals surface area contributed by atoms with E-state index in [4.69, 9.17) is 9.84 Å². The lowest BCUT2D eigenvalue weighted by molar-refractivity contribution is -0.140. The van der Waals surface area contributed by atoms with Gasteiger partial charge in [0.25, 0.3) is 0 Å². The molecule has 0 saturated heterocycles. The highest BCUT2D eigenvalue weighted by atomic mass is 32.2. The molecule has 0 saturated carbocycles. The molecule has 7 heteroatoms. The van der Waals surface area contributed by atoms with Gasteiger partial charge in [-0.2, -0.15) is 0 Å². The van der Waals surface area contributed by atoms with Crippen molar-refractivity contribution in [3.8, 4) is 0 Å². The van der Waals surface area contributed by atoms with Crippen LogP contribution >= 0.6 is 0 Å². The number of carboxylic acid groups (broad SMARTS) is 1. The van der Waals surface area contributed by atoms with Crippen molar-refractivity contribution in [1.82, 2.24) is 4.72 Å². The standard InChI is InChI=1S/C10H21NO5S/c1-5-7(2)9(10(12)13)11-17(14,15)8(3)6-16-4/h7-9,11H,5-6H2,1-4H3,(H,12,13)/t7-,8?,9-/m0/s1. The predicted molar refractivity (Wildman–Crippen MR) is 64.3 cm³/mol. The Morgan fingerprint density at radius 1 is 1.41 bits per heavy atom. The predicted octanol–water partition coefficient (Wildman–Crippen LogP) is 0.440. The Hall–Kier alpha value is -0.660. The molecule has 0 spiro atoms. The van der Waals surface area contributed by atoms with E-state index in [1.807, 2.05) is 6.92 Å². The molecule has 1 unspecified atom stereocenters. The summed E-state index contributed by atoms with van der Waals surface area (Å²) < 4.78 is 30.6.